The molecule has 1 atom stereocenters. The van der Waals surface area contributed by atoms with Crippen molar-refractivity contribution in [3.63, 3.8) is 0 Å². The summed E-state index contributed by atoms with van der Waals surface area (Å²) in [5, 5.41) is 0. The van der Waals surface area contributed by atoms with Crippen LogP contribution in [0.4, 0.5) is 4.39 Å². The normalized spacial score (nSPS) is 33.6. The predicted molar refractivity (Wildman–Crippen MR) is 90.4 cm³/mol. The van der Waals surface area contributed by atoms with Crippen molar-refractivity contribution in [1.29, 1.82) is 0 Å². The number of nitrogens with zero attached hydrogens (tertiary/aromatic N) is 3. The third kappa shape index (κ3) is 2.14. The molecule has 0 radical (unpaired) electrons. The molecule has 2 aromatic heterocycles. The summed E-state index contributed by atoms with van der Waals surface area (Å²) >= 11 is 0. The molecule has 1 amide bonds. The second kappa shape index (κ2) is 5.10. The Balaban J connectivity index is 1.27. The van der Waals surface area contributed by atoms with Gasteiger partial charge in [0.05, 0.1) is 0 Å². The van der Waals surface area contributed by atoms with E-state index in [0.29, 0.717) is 6.42 Å². The zero-order valence-electron chi connectivity index (χ0n) is 14.0. The van der Waals surface area contributed by atoms with Gasteiger partial charge in [0, 0.05) is 42.5 Å². The van der Waals surface area contributed by atoms with E-state index < -0.39 is 5.95 Å². The Hall–Kier alpha value is -2.30. The highest BCUT2D eigenvalue weighted by Gasteiger charge is 2.71. The van der Waals surface area contributed by atoms with Crippen LogP contribution in [-0.4, -0.2) is 32.9 Å². The number of hydrogen-bond acceptors (Lipinski definition) is 3. The van der Waals surface area contributed by atoms with Crippen LogP contribution in [0, 0.1) is 5.95 Å². The first-order chi connectivity index (χ1) is 12.1. The maximum atomic E-state index is 13.3. The van der Waals surface area contributed by atoms with Gasteiger partial charge in [0.25, 0.3) is 0 Å². The highest BCUT2D eigenvalue weighted by atomic mass is 19.1. The second-order valence-corrected chi connectivity index (χ2v) is 7.92. The summed E-state index contributed by atoms with van der Waals surface area (Å²) in [5.74, 6) is -0.134. The minimum Gasteiger partial charge on any atom is -0.337 e. The van der Waals surface area contributed by atoms with Crippen LogP contribution >= 0.6 is 0 Å². The van der Waals surface area contributed by atoms with Gasteiger partial charge in [0.15, 0.2) is 0 Å². The molecule has 5 heteroatoms. The van der Waals surface area contributed by atoms with Crippen molar-refractivity contribution >= 4 is 5.91 Å². The maximum absolute atomic E-state index is 13.3. The van der Waals surface area contributed by atoms with Crippen molar-refractivity contribution < 1.29 is 9.18 Å². The number of carbonyl (C=O) groups is 1. The summed E-state index contributed by atoms with van der Waals surface area (Å²) in [7, 11) is 0. The summed E-state index contributed by atoms with van der Waals surface area (Å²) in [5.41, 5.74) is 2.61. The van der Waals surface area contributed by atoms with Crippen molar-refractivity contribution in [1.82, 2.24) is 14.9 Å². The molecule has 0 spiro atoms. The molecule has 0 N–H and O–H groups in total. The highest BCUT2D eigenvalue weighted by Crippen LogP contribution is 2.70. The fraction of sp³-hybridized carbons (Fsp3) is 0.450. The zero-order chi connectivity index (χ0) is 17.1. The van der Waals surface area contributed by atoms with Crippen LogP contribution in [0.1, 0.15) is 49.1 Å². The lowest BCUT2D eigenvalue weighted by atomic mass is 9.37. The Morgan fingerprint density at radius 2 is 1.88 bits per heavy atom. The molecule has 3 aliphatic carbocycles. The molecule has 3 saturated carbocycles. The molecule has 2 bridgehead atoms. The van der Waals surface area contributed by atoms with Gasteiger partial charge < -0.3 is 4.90 Å². The van der Waals surface area contributed by atoms with E-state index in [1.54, 1.807) is 0 Å². The van der Waals surface area contributed by atoms with Crippen molar-refractivity contribution in [3.8, 4) is 0 Å². The molecular weight excluding hydrogens is 317 g/mol. The third-order valence-electron chi connectivity index (χ3n) is 6.51. The van der Waals surface area contributed by atoms with E-state index >= 15 is 0 Å². The lowest BCUT2D eigenvalue weighted by Gasteiger charge is -2.74. The average molecular weight is 337 g/mol. The van der Waals surface area contributed by atoms with E-state index in [9.17, 15) is 9.18 Å². The Labute approximate surface area is 146 Å². The summed E-state index contributed by atoms with van der Waals surface area (Å²) in [6, 6.07) is 7.51. The minimum absolute atomic E-state index is 0.0782. The smallest absolute Gasteiger partial charge is 0.223 e. The monoisotopic (exact) mass is 337 g/mol. The van der Waals surface area contributed by atoms with Gasteiger partial charge in [-0.3, -0.25) is 9.78 Å². The topological polar surface area (TPSA) is 46.1 Å². The van der Waals surface area contributed by atoms with Gasteiger partial charge in [-0.2, -0.15) is 4.39 Å². The van der Waals surface area contributed by atoms with E-state index in [2.05, 4.69) is 27.0 Å². The lowest BCUT2D eigenvalue weighted by Crippen LogP contribution is -2.78. The second-order valence-electron chi connectivity index (χ2n) is 7.92. The molecule has 3 heterocycles. The average Bonchev–Trinajstić information content (AvgIpc) is 2.55. The summed E-state index contributed by atoms with van der Waals surface area (Å²) in [4.78, 5) is 22.6. The summed E-state index contributed by atoms with van der Waals surface area (Å²) in [6.07, 6.45) is 9.80. The van der Waals surface area contributed by atoms with Crippen molar-refractivity contribution in [3.05, 3.63) is 59.9 Å². The molecule has 25 heavy (non-hydrogen) atoms. The zero-order valence-corrected chi connectivity index (χ0v) is 14.0. The van der Waals surface area contributed by atoms with Crippen LogP contribution in [0.5, 0.6) is 0 Å². The number of likely N-dealkylation sites (tertiary alicyclic amines) is 1. The van der Waals surface area contributed by atoms with Crippen LogP contribution in [0.25, 0.3) is 0 Å². The standard InChI is InChI=1S/C20H20FN3O/c21-17-9-14(1-7-23-17)15-4-8-24(18(25)10-15)20-11-19(12-20,13-20)16-2-5-22-6-3-16/h1-3,5-7,9,15H,4,8,10-13H2. The lowest BCUT2D eigenvalue weighted by molar-refractivity contribution is -0.189. The van der Waals surface area contributed by atoms with E-state index in [4.69, 9.17) is 0 Å². The largest absolute Gasteiger partial charge is 0.337 e. The first-order valence-electron chi connectivity index (χ1n) is 8.93. The third-order valence-corrected chi connectivity index (χ3v) is 6.51. The molecule has 2 aromatic rings. The first-order valence-corrected chi connectivity index (χ1v) is 8.93. The number of halogens is 1. The minimum atomic E-state index is -0.467. The Morgan fingerprint density at radius 1 is 1.12 bits per heavy atom. The van der Waals surface area contributed by atoms with Crippen LogP contribution in [-0.2, 0) is 10.2 Å². The predicted octanol–water partition coefficient (Wildman–Crippen LogP) is 3.20. The number of hydrogen-bond donors (Lipinski definition) is 0. The SMILES string of the molecule is O=C1CC(c2ccnc(F)c2)CCN1C12CC(c3ccncc3)(C1)C2. The molecule has 6 rings (SSSR count). The van der Waals surface area contributed by atoms with Crippen molar-refractivity contribution in [2.24, 2.45) is 0 Å². The van der Waals surface area contributed by atoms with E-state index in [-0.39, 0.29) is 22.8 Å². The summed E-state index contributed by atoms with van der Waals surface area (Å²) in [6.45, 7) is 0.778. The van der Waals surface area contributed by atoms with Crippen LogP contribution in [0.3, 0.4) is 0 Å². The highest BCUT2D eigenvalue weighted by molar-refractivity contribution is 5.80. The molecule has 4 aliphatic rings. The maximum Gasteiger partial charge on any atom is 0.223 e. The molecule has 4 fully saturated rings. The number of carbonyl (C=O) groups excluding carboxylic acids is 1. The molecule has 128 valence electrons. The van der Waals surface area contributed by atoms with E-state index in [1.807, 2.05) is 18.5 Å². The number of rotatable bonds is 3. The van der Waals surface area contributed by atoms with Crippen LogP contribution in [0.15, 0.2) is 42.9 Å². The Morgan fingerprint density at radius 3 is 2.56 bits per heavy atom. The van der Waals surface area contributed by atoms with Gasteiger partial charge in [-0.15, -0.1) is 0 Å². The number of pyridine rings is 2. The molecule has 1 aliphatic heterocycles. The van der Waals surface area contributed by atoms with Gasteiger partial charge >= 0.3 is 0 Å². The van der Waals surface area contributed by atoms with Crippen LogP contribution in [0.2, 0.25) is 0 Å². The molecule has 1 saturated heterocycles. The number of amides is 1. The quantitative estimate of drug-likeness (QED) is 0.808. The Bertz CT molecular complexity index is 818. The molecule has 1 unspecified atom stereocenters. The van der Waals surface area contributed by atoms with E-state index in [1.165, 1.54) is 17.8 Å². The summed E-state index contributed by atoms with van der Waals surface area (Å²) < 4.78 is 13.3. The first kappa shape index (κ1) is 15.0. The van der Waals surface area contributed by atoms with Gasteiger partial charge in [-0.25, -0.2) is 4.98 Å². The fourth-order valence-corrected chi connectivity index (χ4v) is 5.32. The van der Waals surface area contributed by atoms with E-state index in [0.717, 1.165) is 37.8 Å². The van der Waals surface area contributed by atoms with Gasteiger partial charge in [-0.1, -0.05) is 0 Å². The van der Waals surface area contributed by atoms with Crippen LogP contribution < -0.4 is 0 Å². The molecule has 4 nitrogen and oxygen atoms in total. The van der Waals surface area contributed by atoms with Gasteiger partial charge in [-0.05, 0) is 67.0 Å². The van der Waals surface area contributed by atoms with Crippen molar-refractivity contribution in [2.45, 2.75) is 49.0 Å². The molecule has 0 aromatic carbocycles. The molecular formula is C20H20FN3O. The van der Waals surface area contributed by atoms with Gasteiger partial charge in [0.2, 0.25) is 11.9 Å². The number of aromatic nitrogens is 2. The van der Waals surface area contributed by atoms with Gasteiger partial charge in [0.1, 0.15) is 0 Å². The fourth-order valence-electron chi connectivity index (χ4n) is 5.32. The van der Waals surface area contributed by atoms with Crippen molar-refractivity contribution in [2.75, 3.05) is 6.54 Å². The number of piperidine rings is 1. The Kier molecular flexibility index (Phi) is 3.06.